The fraction of sp³-hybridized carbons (Fsp3) is 0.900. The predicted octanol–water partition coefficient (Wildman–Crippen LogP) is 2.39. The van der Waals surface area contributed by atoms with E-state index >= 15 is 0 Å². The van der Waals surface area contributed by atoms with Gasteiger partial charge in [0.1, 0.15) is 0 Å². The molecule has 0 spiro atoms. The highest BCUT2D eigenvalue weighted by Crippen LogP contribution is 2.62. The number of carboxylic acid groups (broad SMARTS) is 1. The zero-order chi connectivity index (χ0) is 9.52. The molecule has 0 amide bonds. The first kappa shape index (κ1) is 9.56. The van der Waals surface area contributed by atoms with Gasteiger partial charge in [0.25, 0.3) is 0 Å². The Labute approximate surface area is 74.0 Å². The molecule has 1 atom stereocenters. The average molecular weight is 170 g/mol. The molecule has 12 heavy (non-hydrogen) atoms. The molecule has 0 aliphatic heterocycles. The van der Waals surface area contributed by atoms with Crippen LogP contribution in [0.4, 0.5) is 0 Å². The van der Waals surface area contributed by atoms with E-state index in [9.17, 15) is 4.79 Å². The predicted molar refractivity (Wildman–Crippen MR) is 47.9 cm³/mol. The van der Waals surface area contributed by atoms with Crippen molar-refractivity contribution < 1.29 is 9.90 Å². The Kier molecular flexibility index (Phi) is 2.19. The molecule has 0 saturated heterocycles. The van der Waals surface area contributed by atoms with E-state index in [-0.39, 0.29) is 11.3 Å². The molecule has 1 fully saturated rings. The van der Waals surface area contributed by atoms with Crippen LogP contribution in [0.1, 0.15) is 34.1 Å². The number of aliphatic carboxylic acids is 1. The maximum Gasteiger partial charge on any atom is 0.307 e. The van der Waals surface area contributed by atoms with Crippen molar-refractivity contribution in [2.75, 3.05) is 0 Å². The molecule has 1 aliphatic rings. The van der Waals surface area contributed by atoms with Crippen molar-refractivity contribution in [2.45, 2.75) is 34.1 Å². The van der Waals surface area contributed by atoms with Crippen molar-refractivity contribution >= 4 is 5.97 Å². The summed E-state index contributed by atoms with van der Waals surface area (Å²) in [4.78, 5) is 10.8. The lowest BCUT2D eigenvalue weighted by Crippen LogP contribution is -2.22. The number of carboxylic acids is 1. The topological polar surface area (TPSA) is 37.3 Å². The molecule has 70 valence electrons. The Morgan fingerprint density at radius 2 is 1.75 bits per heavy atom. The molecule has 1 rings (SSSR count). The lowest BCUT2D eigenvalue weighted by molar-refractivity contribution is -0.140. The summed E-state index contributed by atoms with van der Waals surface area (Å²) in [5.74, 6) is 0.270. The maximum atomic E-state index is 10.8. The molecule has 0 heterocycles. The number of hydrogen-bond donors (Lipinski definition) is 1. The third-order valence-corrected chi connectivity index (χ3v) is 3.49. The monoisotopic (exact) mass is 170 g/mol. The maximum absolute atomic E-state index is 10.8. The molecular formula is C10H18O2. The second-order valence-electron chi connectivity index (χ2n) is 4.52. The highest BCUT2D eigenvalue weighted by molar-refractivity contribution is 5.75. The minimum Gasteiger partial charge on any atom is -0.481 e. The molecule has 1 aliphatic carbocycles. The van der Waals surface area contributed by atoms with Gasteiger partial charge in [-0.3, -0.25) is 4.79 Å². The summed E-state index contributed by atoms with van der Waals surface area (Å²) in [5, 5.41) is 8.89. The second kappa shape index (κ2) is 2.75. The normalized spacial score (nSPS) is 26.3. The standard InChI is InChI=1S/C10H18O2/c1-6(2)10(7(3)4)5-8(10)9(11)12/h6-8H,5H2,1-4H3,(H,11,12). The zero-order valence-corrected chi connectivity index (χ0v) is 8.29. The lowest BCUT2D eigenvalue weighted by Gasteiger charge is -2.25. The van der Waals surface area contributed by atoms with E-state index in [0.717, 1.165) is 6.42 Å². The molecule has 1 N–H and O–H groups in total. The van der Waals surface area contributed by atoms with Crippen LogP contribution in [0.3, 0.4) is 0 Å². The van der Waals surface area contributed by atoms with Crippen LogP contribution in [0.2, 0.25) is 0 Å². The van der Waals surface area contributed by atoms with Crippen LogP contribution in [-0.2, 0) is 4.79 Å². The van der Waals surface area contributed by atoms with Gasteiger partial charge in [-0.2, -0.15) is 0 Å². The van der Waals surface area contributed by atoms with Crippen molar-refractivity contribution in [1.29, 1.82) is 0 Å². The Hall–Kier alpha value is -0.530. The van der Waals surface area contributed by atoms with Gasteiger partial charge in [0.15, 0.2) is 0 Å². The van der Waals surface area contributed by atoms with Gasteiger partial charge < -0.3 is 5.11 Å². The van der Waals surface area contributed by atoms with Crippen molar-refractivity contribution in [2.24, 2.45) is 23.2 Å². The minimum atomic E-state index is -0.614. The summed E-state index contributed by atoms with van der Waals surface area (Å²) in [6, 6.07) is 0. The molecule has 2 nitrogen and oxygen atoms in total. The third-order valence-electron chi connectivity index (χ3n) is 3.49. The highest BCUT2D eigenvalue weighted by atomic mass is 16.4. The quantitative estimate of drug-likeness (QED) is 0.706. The molecular weight excluding hydrogens is 152 g/mol. The Morgan fingerprint density at radius 1 is 1.33 bits per heavy atom. The highest BCUT2D eigenvalue weighted by Gasteiger charge is 2.61. The van der Waals surface area contributed by atoms with Crippen molar-refractivity contribution in [1.82, 2.24) is 0 Å². The van der Waals surface area contributed by atoms with Gasteiger partial charge in [-0.1, -0.05) is 27.7 Å². The van der Waals surface area contributed by atoms with Crippen LogP contribution >= 0.6 is 0 Å². The summed E-state index contributed by atoms with van der Waals surface area (Å²) < 4.78 is 0. The zero-order valence-electron chi connectivity index (χ0n) is 8.29. The Balaban J connectivity index is 2.75. The Bertz CT molecular complexity index is 186. The molecule has 0 bridgehead atoms. The molecule has 0 radical (unpaired) electrons. The number of carbonyl (C=O) groups is 1. The van der Waals surface area contributed by atoms with Crippen molar-refractivity contribution in [3.05, 3.63) is 0 Å². The van der Waals surface area contributed by atoms with Crippen LogP contribution in [0.15, 0.2) is 0 Å². The molecule has 2 heteroatoms. The molecule has 0 aromatic rings. The van der Waals surface area contributed by atoms with Crippen molar-refractivity contribution in [3.8, 4) is 0 Å². The van der Waals surface area contributed by atoms with E-state index in [1.165, 1.54) is 0 Å². The van der Waals surface area contributed by atoms with Gasteiger partial charge in [-0.05, 0) is 23.7 Å². The van der Waals surface area contributed by atoms with Gasteiger partial charge >= 0.3 is 5.97 Å². The van der Waals surface area contributed by atoms with E-state index in [1.54, 1.807) is 0 Å². The van der Waals surface area contributed by atoms with E-state index in [4.69, 9.17) is 5.11 Å². The van der Waals surface area contributed by atoms with Crippen LogP contribution in [-0.4, -0.2) is 11.1 Å². The first-order valence-corrected chi connectivity index (χ1v) is 4.65. The fourth-order valence-corrected chi connectivity index (χ4v) is 2.55. The third kappa shape index (κ3) is 1.13. The average Bonchev–Trinajstić information content (AvgIpc) is 2.60. The van der Waals surface area contributed by atoms with Gasteiger partial charge in [0.2, 0.25) is 0 Å². The Morgan fingerprint density at radius 3 is 1.83 bits per heavy atom. The smallest absolute Gasteiger partial charge is 0.307 e. The summed E-state index contributed by atoms with van der Waals surface area (Å²) >= 11 is 0. The van der Waals surface area contributed by atoms with E-state index in [1.807, 2.05) is 0 Å². The molecule has 0 aromatic heterocycles. The second-order valence-corrected chi connectivity index (χ2v) is 4.52. The van der Waals surface area contributed by atoms with Gasteiger partial charge in [-0.15, -0.1) is 0 Å². The number of hydrogen-bond acceptors (Lipinski definition) is 1. The van der Waals surface area contributed by atoms with Gasteiger partial charge in [0.05, 0.1) is 5.92 Å². The summed E-state index contributed by atoms with van der Waals surface area (Å²) in [6.07, 6.45) is 0.873. The van der Waals surface area contributed by atoms with Crippen LogP contribution in [0, 0.1) is 23.2 Å². The summed E-state index contributed by atoms with van der Waals surface area (Å²) in [7, 11) is 0. The van der Waals surface area contributed by atoms with Gasteiger partial charge in [-0.25, -0.2) is 0 Å². The van der Waals surface area contributed by atoms with E-state index in [2.05, 4.69) is 27.7 Å². The summed E-state index contributed by atoms with van der Waals surface area (Å²) in [5.41, 5.74) is 0.0891. The lowest BCUT2D eigenvalue weighted by atomic mass is 9.80. The van der Waals surface area contributed by atoms with Crippen LogP contribution < -0.4 is 0 Å². The first-order valence-electron chi connectivity index (χ1n) is 4.65. The van der Waals surface area contributed by atoms with E-state index in [0.29, 0.717) is 11.8 Å². The largest absolute Gasteiger partial charge is 0.481 e. The first-order chi connectivity index (χ1) is 5.43. The van der Waals surface area contributed by atoms with Gasteiger partial charge in [0, 0.05) is 0 Å². The molecule has 1 unspecified atom stereocenters. The fourth-order valence-electron chi connectivity index (χ4n) is 2.55. The van der Waals surface area contributed by atoms with Crippen molar-refractivity contribution in [3.63, 3.8) is 0 Å². The molecule has 0 aromatic carbocycles. The van der Waals surface area contributed by atoms with Crippen LogP contribution in [0.5, 0.6) is 0 Å². The summed E-state index contributed by atoms with van der Waals surface area (Å²) in [6.45, 7) is 8.51. The van der Waals surface area contributed by atoms with E-state index < -0.39 is 5.97 Å². The minimum absolute atomic E-state index is 0.0856. The number of rotatable bonds is 3. The molecule has 1 saturated carbocycles. The van der Waals surface area contributed by atoms with Crippen LogP contribution in [0.25, 0.3) is 0 Å². The SMILES string of the molecule is CC(C)C1(C(C)C)CC1C(=O)O.